The van der Waals surface area contributed by atoms with Gasteiger partial charge < -0.3 is 4.42 Å². The third-order valence-corrected chi connectivity index (χ3v) is 4.30. The third-order valence-electron chi connectivity index (χ3n) is 4.30. The highest BCUT2D eigenvalue weighted by molar-refractivity contribution is 5.57. The van der Waals surface area contributed by atoms with Crippen LogP contribution in [0.2, 0.25) is 0 Å². The molecule has 6 nitrogen and oxygen atoms in total. The van der Waals surface area contributed by atoms with Crippen LogP contribution in [0.4, 0.5) is 0 Å². The molecule has 1 aliphatic carbocycles. The zero-order valence-electron chi connectivity index (χ0n) is 13.4. The Kier molecular flexibility index (Phi) is 3.19. The van der Waals surface area contributed by atoms with Gasteiger partial charge in [0.05, 0.1) is 11.4 Å². The zero-order valence-corrected chi connectivity index (χ0v) is 13.4. The minimum Gasteiger partial charge on any atom is -0.415 e. The van der Waals surface area contributed by atoms with Crippen LogP contribution in [0.25, 0.3) is 28.7 Å². The summed E-state index contributed by atoms with van der Waals surface area (Å²) in [6, 6.07) is 15.8. The quantitative estimate of drug-likeness (QED) is 0.568. The molecule has 122 valence electrons. The van der Waals surface area contributed by atoms with Gasteiger partial charge in [0.15, 0.2) is 0 Å². The highest BCUT2D eigenvalue weighted by Gasteiger charge is 2.29. The van der Waals surface area contributed by atoms with Crippen LogP contribution in [0.3, 0.4) is 0 Å². The largest absolute Gasteiger partial charge is 0.415 e. The van der Waals surface area contributed by atoms with Crippen molar-refractivity contribution in [1.29, 1.82) is 0 Å². The van der Waals surface area contributed by atoms with E-state index in [1.54, 1.807) is 12.4 Å². The van der Waals surface area contributed by atoms with Crippen LogP contribution in [0.15, 0.2) is 65.3 Å². The maximum Gasteiger partial charge on any atom is 0.266 e. The zero-order chi connectivity index (χ0) is 16.6. The Labute approximate surface area is 144 Å². The smallest absolute Gasteiger partial charge is 0.266 e. The van der Waals surface area contributed by atoms with Crippen LogP contribution in [0, 0.1) is 0 Å². The SMILES string of the molecule is c1ccc(-n2nc(C3CC3)cc2-c2nnc(-c3ccncc3)o2)cc1. The van der Waals surface area contributed by atoms with E-state index in [2.05, 4.69) is 21.2 Å². The number of hydrogen-bond acceptors (Lipinski definition) is 5. The normalized spacial score (nSPS) is 13.9. The molecule has 1 saturated carbocycles. The van der Waals surface area contributed by atoms with Crippen LogP contribution in [0.5, 0.6) is 0 Å². The Balaban J connectivity index is 1.61. The third kappa shape index (κ3) is 2.61. The van der Waals surface area contributed by atoms with Gasteiger partial charge in [-0.15, -0.1) is 10.2 Å². The first-order valence-corrected chi connectivity index (χ1v) is 8.28. The Bertz CT molecular complexity index is 1000. The monoisotopic (exact) mass is 329 g/mol. The number of para-hydroxylation sites is 1. The first kappa shape index (κ1) is 14.1. The van der Waals surface area contributed by atoms with Gasteiger partial charge in [-0.3, -0.25) is 4.98 Å². The standard InChI is InChI=1S/C19H15N5O/c1-2-4-15(5-3-1)24-17(12-16(23-24)13-6-7-13)19-22-21-18(25-19)14-8-10-20-11-9-14/h1-5,8-13H,6-7H2. The van der Waals surface area contributed by atoms with Crippen molar-refractivity contribution in [3.05, 3.63) is 66.6 Å². The number of pyridine rings is 1. The fraction of sp³-hybridized carbons (Fsp3) is 0.158. The van der Waals surface area contributed by atoms with Crippen molar-refractivity contribution < 1.29 is 4.42 Å². The summed E-state index contributed by atoms with van der Waals surface area (Å²) in [5.41, 5.74) is 3.73. The van der Waals surface area contributed by atoms with E-state index in [0.29, 0.717) is 17.7 Å². The summed E-state index contributed by atoms with van der Waals surface area (Å²) in [5, 5.41) is 13.2. The molecule has 3 aromatic heterocycles. The van der Waals surface area contributed by atoms with Gasteiger partial charge in [0, 0.05) is 23.9 Å². The molecule has 1 aliphatic rings. The van der Waals surface area contributed by atoms with E-state index in [1.165, 1.54) is 12.8 Å². The Morgan fingerprint density at radius 3 is 2.44 bits per heavy atom. The van der Waals surface area contributed by atoms with Crippen molar-refractivity contribution in [3.63, 3.8) is 0 Å². The second-order valence-electron chi connectivity index (χ2n) is 6.12. The molecule has 4 aromatic rings. The minimum atomic E-state index is 0.468. The van der Waals surface area contributed by atoms with E-state index in [0.717, 1.165) is 22.6 Å². The van der Waals surface area contributed by atoms with Crippen molar-refractivity contribution in [2.24, 2.45) is 0 Å². The van der Waals surface area contributed by atoms with E-state index in [9.17, 15) is 0 Å². The lowest BCUT2D eigenvalue weighted by atomic mass is 10.2. The fourth-order valence-electron chi connectivity index (χ4n) is 2.83. The molecule has 3 heterocycles. The van der Waals surface area contributed by atoms with E-state index < -0.39 is 0 Å². The molecule has 1 fully saturated rings. The molecule has 5 rings (SSSR count). The number of hydrogen-bond donors (Lipinski definition) is 0. The van der Waals surface area contributed by atoms with Gasteiger partial charge >= 0.3 is 0 Å². The van der Waals surface area contributed by atoms with Crippen LogP contribution in [-0.4, -0.2) is 25.0 Å². The Morgan fingerprint density at radius 2 is 1.68 bits per heavy atom. The van der Waals surface area contributed by atoms with E-state index >= 15 is 0 Å². The summed E-state index contributed by atoms with van der Waals surface area (Å²) >= 11 is 0. The summed E-state index contributed by atoms with van der Waals surface area (Å²) in [4.78, 5) is 4.02. The molecule has 0 radical (unpaired) electrons. The van der Waals surface area contributed by atoms with E-state index in [4.69, 9.17) is 9.52 Å². The van der Waals surface area contributed by atoms with E-state index in [1.807, 2.05) is 47.1 Å². The number of aromatic nitrogens is 5. The van der Waals surface area contributed by atoms with Crippen molar-refractivity contribution in [1.82, 2.24) is 25.0 Å². The van der Waals surface area contributed by atoms with Gasteiger partial charge in [-0.05, 0) is 43.2 Å². The van der Waals surface area contributed by atoms with Gasteiger partial charge in [-0.2, -0.15) is 5.10 Å². The molecule has 0 saturated heterocycles. The van der Waals surface area contributed by atoms with Gasteiger partial charge in [-0.25, -0.2) is 4.68 Å². The lowest BCUT2D eigenvalue weighted by Gasteiger charge is -2.03. The number of rotatable bonds is 4. The average molecular weight is 329 g/mol. The highest BCUT2D eigenvalue weighted by atomic mass is 16.4. The lowest BCUT2D eigenvalue weighted by molar-refractivity contribution is 0.578. The number of nitrogens with zero attached hydrogens (tertiary/aromatic N) is 5. The molecule has 0 amide bonds. The fourth-order valence-corrected chi connectivity index (χ4v) is 2.83. The van der Waals surface area contributed by atoms with Crippen molar-refractivity contribution >= 4 is 0 Å². The maximum absolute atomic E-state index is 5.92. The summed E-state index contributed by atoms with van der Waals surface area (Å²) in [5.74, 6) is 1.49. The second-order valence-corrected chi connectivity index (χ2v) is 6.12. The van der Waals surface area contributed by atoms with Crippen LogP contribution in [-0.2, 0) is 0 Å². The lowest BCUT2D eigenvalue weighted by Crippen LogP contribution is -1.99. The summed E-state index contributed by atoms with van der Waals surface area (Å²) < 4.78 is 7.81. The molecule has 0 spiro atoms. The van der Waals surface area contributed by atoms with Crippen LogP contribution in [0.1, 0.15) is 24.5 Å². The van der Waals surface area contributed by atoms with Gasteiger partial charge in [0.2, 0.25) is 5.89 Å². The van der Waals surface area contributed by atoms with Crippen molar-refractivity contribution in [3.8, 4) is 28.7 Å². The van der Waals surface area contributed by atoms with Crippen molar-refractivity contribution in [2.45, 2.75) is 18.8 Å². The van der Waals surface area contributed by atoms with Gasteiger partial charge in [0.1, 0.15) is 5.69 Å². The Morgan fingerprint density at radius 1 is 0.920 bits per heavy atom. The molecule has 0 unspecified atom stereocenters. The predicted octanol–water partition coefficient (Wildman–Crippen LogP) is 3.86. The minimum absolute atomic E-state index is 0.468. The molecule has 1 aromatic carbocycles. The van der Waals surface area contributed by atoms with Gasteiger partial charge in [0.25, 0.3) is 5.89 Å². The summed E-state index contributed by atoms with van der Waals surface area (Å²) in [6.07, 6.45) is 5.80. The van der Waals surface area contributed by atoms with Crippen molar-refractivity contribution in [2.75, 3.05) is 0 Å². The number of benzene rings is 1. The van der Waals surface area contributed by atoms with Crippen LogP contribution >= 0.6 is 0 Å². The molecule has 6 heteroatoms. The second kappa shape index (κ2) is 5.66. The molecular formula is C19H15N5O. The van der Waals surface area contributed by atoms with Crippen LogP contribution < -0.4 is 0 Å². The highest BCUT2D eigenvalue weighted by Crippen LogP contribution is 2.41. The molecule has 0 N–H and O–H groups in total. The summed E-state index contributed by atoms with van der Waals surface area (Å²) in [7, 11) is 0. The van der Waals surface area contributed by atoms with E-state index in [-0.39, 0.29) is 0 Å². The molecule has 0 bridgehead atoms. The molecule has 0 atom stereocenters. The first-order valence-electron chi connectivity index (χ1n) is 8.28. The maximum atomic E-state index is 5.92. The molecule has 25 heavy (non-hydrogen) atoms. The molecule has 0 aliphatic heterocycles. The first-order chi connectivity index (χ1) is 12.4. The Hall–Kier alpha value is -3.28. The molecular weight excluding hydrogens is 314 g/mol. The topological polar surface area (TPSA) is 69.6 Å². The average Bonchev–Trinajstić information content (AvgIpc) is 3.24. The predicted molar refractivity (Wildman–Crippen MR) is 92.1 cm³/mol. The van der Waals surface area contributed by atoms with Gasteiger partial charge in [-0.1, -0.05) is 18.2 Å². The summed E-state index contributed by atoms with van der Waals surface area (Å²) in [6.45, 7) is 0.